The average Bonchev–Trinajstić information content (AvgIpc) is 2.54. The lowest BCUT2D eigenvalue weighted by molar-refractivity contribution is -0.384. The predicted molar refractivity (Wildman–Crippen MR) is 88.2 cm³/mol. The van der Waals surface area contributed by atoms with Crippen molar-refractivity contribution in [2.45, 2.75) is 0 Å². The molecule has 1 amide bonds. The fourth-order valence-electron chi connectivity index (χ4n) is 1.86. The van der Waals surface area contributed by atoms with Gasteiger partial charge in [0.2, 0.25) is 5.91 Å². The third-order valence-electron chi connectivity index (χ3n) is 3.02. The van der Waals surface area contributed by atoms with E-state index in [-0.39, 0.29) is 11.4 Å². The van der Waals surface area contributed by atoms with E-state index in [2.05, 4.69) is 5.32 Å². The number of non-ortho nitro benzene ring substituents is 1. The summed E-state index contributed by atoms with van der Waals surface area (Å²) < 4.78 is 5.08. The summed E-state index contributed by atoms with van der Waals surface area (Å²) >= 11 is 0. The first-order valence-corrected chi connectivity index (χ1v) is 6.66. The van der Waals surface area contributed by atoms with Crippen LogP contribution in [0.3, 0.4) is 0 Å². The van der Waals surface area contributed by atoms with Crippen LogP contribution >= 0.6 is 0 Å². The standard InChI is InChI=1S/C16H15N3O4/c1-23-15-8-7-13(19(21)22)10-14(15)18-16(20)9-4-11-2-5-12(17)6-3-11/h2-10H,17H2,1H3,(H,18,20)/b9-4+. The van der Waals surface area contributed by atoms with Gasteiger partial charge in [-0.15, -0.1) is 0 Å². The molecule has 0 aromatic heterocycles. The van der Waals surface area contributed by atoms with Gasteiger partial charge in [-0.05, 0) is 29.8 Å². The van der Waals surface area contributed by atoms with E-state index < -0.39 is 10.8 Å². The SMILES string of the molecule is COc1ccc([N+](=O)[O-])cc1NC(=O)/C=C/c1ccc(N)cc1. The first-order valence-electron chi connectivity index (χ1n) is 6.66. The minimum absolute atomic E-state index is 0.136. The van der Waals surface area contributed by atoms with Crippen LogP contribution in [0.4, 0.5) is 17.1 Å². The number of nitro groups is 1. The summed E-state index contributed by atoms with van der Waals surface area (Å²) in [6.07, 6.45) is 2.93. The number of nitro benzene ring substituents is 1. The molecular weight excluding hydrogens is 298 g/mol. The van der Waals surface area contributed by atoms with E-state index in [1.165, 1.54) is 31.4 Å². The largest absolute Gasteiger partial charge is 0.495 e. The molecule has 0 aliphatic rings. The minimum atomic E-state index is -0.542. The Morgan fingerprint density at radius 2 is 1.96 bits per heavy atom. The van der Waals surface area contributed by atoms with Crippen LogP contribution in [-0.2, 0) is 4.79 Å². The van der Waals surface area contributed by atoms with E-state index in [1.54, 1.807) is 30.3 Å². The molecule has 0 atom stereocenters. The third-order valence-corrected chi connectivity index (χ3v) is 3.02. The quantitative estimate of drug-likeness (QED) is 0.382. The molecule has 3 N–H and O–H groups in total. The summed E-state index contributed by atoms with van der Waals surface area (Å²) in [6.45, 7) is 0. The Morgan fingerprint density at radius 1 is 1.26 bits per heavy atom. The van der Waals surface area contributed by atoms with Crippen LogP contribution in [0, 0.1) is 10.1 Å². The van der Waals surface area contributed by atoms with Gasteiger partial charge in [0.25, 0.3) is 5.69 Å². The molecule has 2 aromatic rings. The van der Waals surface area contributed by atoms with Crippen LogP contribution in [0.5, 0.6) is 5.75 Å². The molecule has 0 saturated heterocycles. The summed E-state index contributed by atoms with van der Waals surface area (Å²) in [5, 5.41) is 13.4. The van der Waals surface area contributed by atoms with Gasteiger partial charge in [0, 0.05) is 23.9 Å². The van der Waals surface area contributed by atoms with Crippen LogP contribution in [0.2, 0.25) is 0 Å². The maximum atomic E-state index is 12.0. The Hall–Kier alpha value is -3.35. The van der Waals surface area contributed by atoms with Crippen molar-refractivity contribution in [1.82, 2.24) is 0 Å². The highest BCUT2D eigenvalue weighted by Crippen LogP contribution is 2.28. The van der Waals surface area contributed by atoms with Crippen molar-refractivity contribution in [3.8, 4) is 5.75 Å². The number of carbonyl (C=O) groups is 1. The smallest absolute Gasteiger partial charge is 0.271 e. The maximum Gasteiger partial charge on any atom is 0.271 e. The van der Waals surface area contributed by atoms with E-state index in [0.717, 1.165) is 5.56 Å². The molecule has 23 heavy (non-hydrogen) atoms. The van der Waals surface area contributed by atoms with Gasteiger partial charge in [-0.3, -0.25) is 14.9 Å². The second-order valence-corrected chi connectivity index (χ2v) is 4.63. The van der Waals surface area contributed by atoms with E-state index in [9.17, 15) is 14.9 Å². The number of hydrogen-bond donors (Lipinski definition) is 2. The molecule has 0 spiro atoms. The van der Waals surface area contributed by atoms with Crippen LogP contribution < -0.4 is 15.8 Å². The lowest BCUT2D eigenvalue weighted by atomic mass is 10.2. The lowest BCUT2D eigenvalue weighted by Gasteiger charge is -2.08. The van der Waals surface area contributed by atoms with Gasteiger partial charge < -0.3 is 15.8 Å². The van der Waals surface area contributed by atoms with Gasteiger partial charge in [-0.2, -0.15) is 0 Å². The van der Waals surface area contributed by atoms with E-state index in [0.29, 0.717) is 11.4 Å². The molecule has 0 aliphatic carbocycles. The highest BCUT2D eigenvalue weighted by molar-refractivity contribution is 6.03. The summed E-state index contributed by atoms with van der Waals surface area (Å²) in [5.41, 5.74) is 7.12. The number of nitrogens with one attached hydrogen (secondary N) is 1. The van der Waals surface area contributed by atoms with Gasteiger partial charge in [0.05, 0.1) is 17.7 Å². The zero-order chi connectivity index (χ0) is 16.8. The second kappa shape index (κ2) is 7.08. The van der Waals surface area contributed by atoms with Crippen molar-refractivity contribution in [2.24, 2.45) is 0 Å². The normalized spacial score (nSPS) is 10.5. The van der Waals surface area contributed by atoms with E-state index in [4.69, 9.17) is 10.5 Å². The van der Waals surface area contributed by atoms with Gasteiger partial charge in [-0.1, -0.05) is 12.1 Å². The fourth-order valence-corrected chi connectivity index (χ4v) is 1.86. The minimum Gasteiger partial charge on any atom is -0.495 e. The molecule has 0 aliphatic heterocycles. The van der Waals surface area contributed by atoms with Gasteiger partial charge in [0.15, 0.2) is 0 Å². The number of rotatable bonds is 5. The van der Waals surface area contributed by atoms with Gasteiger partial charge >= 0.3 is 0 Å². The number of ether oxygens (including phenoxy) is 1. The first kappa shape index (κ1) is 16.0. The Labute approximate surface area is 132 Å². The number of hydrogen-bond acceptors (Lipinski definition) is 5. The number of methoxy groups -OCH3 is 1. The van der Waals surface area contributed by atoms with Crippen molar-refractivity contribution in [2.75, 3.05) is 18.2 Å². The zero-order valence-electron chi connectivity index (χ0n) is 12.4. The average molecular weight is 313 g/mol. The number of amides is 1. The van der Waals surface area contributed by atoms with Crippen molar-refractivity contribution >= 4 is 29.0 Å². The summed E-state index contributed by atoms with van der Waals surface area (Å²) in [6, 6.07) is 11.0. The fraction of sp³-hybridized carbons (Fsp3) is 0.0625. The molecule has 0 fully saturated rings. The van der Waals surface area contributed by atoms with Crippen LogP contribution in [0.1, 0.15) is 5.56 Å². The molecular formula is C16H15N3O4. The predicted octanol–water partition coefficient (Wildman–Crippen LogP) is 2.84. The van der Waals surface area contributed by atoms with Crippen LogP contribution in [0.15, 0.2) is 48.5 Å². The topological polar surface area (TPSA) is 107 Å². The van der Waals surface area contributed by atoms with Gasteiger partial charge in [-0.25, -0.2) is 0 Å². The first-order chi connectivity index (χ1) is 11.0. The summed E-state index contributed by atoms with van der Waals surface area (Å²) in [5.74, 6) is -0.0922. The molecule has 0 bridgehead atoms. The number of nitrogen functional groups attached to an aromatic ring is 1. The molecule has 0 radical (unpaired) electrons. The molecule has 2 rings (SSSR count). The Kier molecular flexibility index (Phi) is 4.93. The van der Waals surface area contributed by atoms with E-state index >= 15 is 0 Å². The van der Waals surface area contributed by atoms with Gasteiger partial charge in [0.1, 0.15) is 5.75 Å². The molecule has 118 valence electrons. The third kappa shape index (κ3) is 4.31. The Bertz CT molecular complexity index is 754. The zero-order valence-corrected chi connectivity index (χ0v) is 12.4. The molecule has 0 unspecified atom stereocenters. The van der Waals surface area contributed by atoms with E-state index in [1.807, 2.05) is 0 Å². The van der Waals surface area contributed by atoms with Crippen molar-refractivity contribution in [1.29, 1.82) is 0 Å². The number of anilines is 2. The second-order valence-electron chi connectivity index (χ2n) is 4.63. The highest BCUT2D eigenvalue weighted by Gasteiger charge is 2.12. The Morgan fingerprint density at radius 3 is 2.57 bits per heavy atom. The summed E-state index contributed by atoms with van der Waals surface area (Å²) in [7, 11) is 1.42. The summed E-state index contributed by atoms with van der Waals surface area (Å²) in [4.78, 5) is 22.2. The molecule has 0 saturated carbocycles. The van der Waals surface area contributed by atoms with Crippen molar-refractivity contribution < 1.29 is 14.5 Å². The van der Waals surface area contributed by atoms with Crippen LogP contribution in [0.25, 0.3) is 6.08 Å². The molecule has 0 heterocycles. The number of benzene rings is 2. The molecule has 2 aromatic carbocycles. The molecule has 7 nitrogen and oxygen atoms in total. The van der Waals surface area contributed by atoms with Crippen molar-refractivity contribution in [3.63, 3.8) is 0 Å². The molecule has 7 heteroatoms. The monoisotopic (exact) mass is 313 g/mol. The van der Waals surface area contributed by atoms with Crippen molar-refractivity contribution in [3.05, 3.63) is 64.2 Å². The number of nitrogens with zero attached hydrogens (tertiary/aromatic N) is 1. The van der Waals surface area contributed by atoms with Crippen LogP contribution in [-0.4, -0.2) is 17.9 Å². The lowest BCUT2D eigenvalue weighted by Crippen LogP contribution is -2.09. The number of carbonyl (C=O) groups excluding carboxylic acids is 1. The highest BCUT2D eigenvalue weighted by atomic mass is 16.6. The number of nitrogens with two attached hydrogens (primary N) is 1. The maximum absolute atomic E-state index is 12.0. The Balaban J connectivity index is 2.14.